The molecule has 0 unspecified atom stereocenters. The Kier molecular flexibility index (Phi) is 6.60. The average molecular weight is 403 g/mol. The first-order chi connectivity index (χ1) is 13.5. The van der Waals surface area contributed by atoms with E-state index in [1.807, 2.05) is 48.3 Å². The second kappa shape index (κ2) is 8.95. The van der Waals surface area contributed by atoms with E-state index in [-0.39, 0.29) is 0 Å². The maximum atomic E-state index is 6.53. The molecule has 1 aliphatic heterocycles. The molecule has 1 aliphatic rings. The van der Waals surface area contributed by atoms with E-state index >= 15 is 0 Å². The smallest absolute Gasteiger partial charge is 0.140 e. The third-order valence-electron chi connectivity index (χ3n) is 5.00. The summed E-state index contributed by atoms with van der Waals surface area (Å²) in [5.41, 5.74) is 3.46. The summed E-state index contributed by atoms with van der Waals surface area (Å²) in [5.74, 6) is 0.818. The molecule has 3 rings (SSSR count). The molecule has 0 amide bonds. The Morgan fingerprint density at radius 2 is 2.07 bits per heavy atom. The second-order valence-corrected chi connectivity index (χ2v) is 7.47. The van der Waals surface area contributed by atoms with Crippen LogP contribution >= 0.6 is 11.6 Å². The number of nitrogens with zero attached hydrogens (tertiary/aromatic N) is 2. The van der Waals surface area contributed by atoms with Crippen molar-refractivity contribution >= 4 is 23.6 Å². The maximum absolute atomic E-state index is 6.53. The molecular weight excluding hydrogens is 376 g/mol. The predicted molar refractivity (Wildman–Crippen MR) is 113 cm³/mol. The van der Waals surface area contributed by atoms with Gasteiger partial charge in [0.25, 0.3) is 0 Å². The van der Waals surface area contributed by atoms with Crippen LogP contribution in [0.25, 0.3) is 0 Å². The highest BCUT2D eigenvalue weighted by atomic mass is 35.5. The van der Waals surface area contributed by atoms with Gasteiger partial charge in [0.2, 0.25) is 0 Å². The number of hydrogen-bond donors (Lipinski definition) is 0. The van der Waals surface area contributed by atoms with Crippen LogP contribution in [0.15, 0.2) is 41.4 Å². The van der Waals surface area contributed by atoms with Gasteiger partial charge >= 0.3 is 0 Å². The normalized spacial score (nSPS) is 15.5. The van der Waals surface area contributed by atoms with Crippen LogP contribution in [0.4, 0.5) is 5.69 Å². The van der Waals surface area contributed by atoms with Crippen molar-refractivity contribution in [1.82, 2.24) is 4.90 Å². The fourth-order valence-electron chi connectivity index (χ4n) is 3.09. The van der Waals surface area contributed by atoms with E-state index in [1.165, 1.54) is 0 Å². The van der Waals surface area contributed by atoms with Crippen LogP contribution in [0.1, 0.15) is 23.6 Å². The van der Waals surface area contributed by atoms with Crippen molar-refractivity contribution in [2.75, 3.05) is 33.9 Å². The summed E-state index contributed by atoms with van der Waals surface area (Å²) < 4.78 is 17.2. The zero-order valence-corrected chi connectivity index (χ0v) is 17.6. The Labute approximate surface area is 171 Å². The molecule has 0 N–H and O–H groups in total. The number of methoxy groups -OCH3 is 1. The maximum Gasteiger partial charge on any atom is 0.140 e. The van der Waals surface area contributed by atoms with Crippen LogP contribution in [0, 0.1) is 6.92 Å². The van der Waals surface area contributed by atoms with Crippen molar-refractivity contribution in [2.24, 2.45) is 4.99 Å². The van der Waals surface area contributed by atoms with E-state index in [1.54, 1.807) is 13.4 Å². The molecule has 0 atom stereocenters. The molecule has 2 aromatic rings. The van der Waals surface area contributed by atoms with E-state index in [9.17, 15) is 0 Å². The van der Waals surface area contributed by atoms with E-state index in [0.29, 0.717) is 24.8 Å². The van der Waals surface area contributed by atoms with Gasteiger partial charge in [-0.1, -0.05) is 23.7 Å². The molecule has 2 aromatic carbocycles. The third-order valence-corrected chi connectivity index (χ3v) is 5.30. The molecule has 150 valence electrons. The quantitative estimate of drug-likeness (QED) is 0.473. The molecule has 0 spiro atoms. The molecule has 1 fully saturated rings. The second-order valence-electron chi connectivity index (χ2n) is 7.06. The summed E-state index contributed by atoms with van der Waals surface area (Å²) in [4.78, 5) is 6.50. The molecular formula is C22H27ClN2O3. The van der Waals surface area contributed by atoms with Crippen LogP contribution in [-0.4, -0.2) is 45.2 Å². The summed E-state index contributed by atoms with van der Waals surface area (Å²) in [6.45, 7) is 6.51. The van der Waals surface area contributed by atoms with Gasteiger partial charge < -0.3 is 19.1 Å². The Morgan fingerprint density at radius 3 is 2.71 bits per heavy atom. The zero-order valence-electron chi connectivity index (χ0n) is 16.9. The first-order valence-corrected chi connectivity index (χ1v) is 9.75. The highest BCUT2D eigenvalue weighted by molar-refractivity contribution is 6.33. The van der Waals surface area contributed by atoms with Crippen molar-refractivity contribution < 1.29 is 14.2 Å². The van der Waals surface area contributed by atoms with Gasteiger partial charge in [-0.05, 0) is 54.8 Å². The minimum absolute atomic E-state index is 0.471. The SMILES string of the molecule is CCN(C)C=Nc1cc(C)c(C2(OCc3cccc(OC)c3)COC2)cc1Cl. The summed E-state index contributed by atoms with van der Waals surface area (Å²) in [5, 5.41) is 0.609. The van der Waals surface area contributed by atoms with E-state index in [4.69, 9.17) is 25.8 Å². The first kappa shape index (κ1) is 20.6. The molecule has 5 nitrogen and oxygen atoms in total. The van der Waals surface area contributed by atoms with Gasteiger partial charge in [-0.3, -0.25) is 0 Å². The van der Waals surface area contributed by atoms with Gasteiger partial charge in [0.15, 0.2) is 0 Å². The average Bonchev–Trinajstić information content (AvgIpc) is 2.68. The lowest BCUT2D eigenvalue weighted by Gasteiger charge is -2.42. The lowest BCUT2D eigenvalue weighted by atomic mass is 9.88. The number of rotatable bonds is 8. The zero-order chi connectivity index (χ0) is 20.1. The topological polar surface area (TPSA) is 43.3 Å². The molecule has 1 heterocycles. The van der Waals surface area contributed by atoms with Gasteiger partial charge in [0.05, 0.1) is 44.0 Å². The fraction of sp³-hybridized carbons (Fsp3) is 0.409. The Balaban J connectivity index is 1.81. The van der Waals surface area contributed by atoms with E-state index < -0.39 is 5.60 Å². The lowest BCUT2D eigenvalue weighted by Crippen LogP contribution is -2.49. The van der Waals surface area contributed by atoms with Crippen molar-refractivity contribution in [3.8, 4) is 5.75 Å². The highest BCUT2D eigenvalue weighted by Gasteiger charge is 2.43. The van der Waals surface area contributed by atoms with Crippen molar-refractivity contribution in [3.05, 3.63) is 58.1 Å². The largest absolute Gasteiger partial charge is 0.497 e. The molecule has 0 aromatic heterocycles. The van der Waals surface area contributed by atoms with Gasteiger partial charge in [-0.2, -0.15) is 0 Å². The monoisotopic (exact) mass is 402 g/mol. The molecule has 6 heteroatoms. The van der Waals surface area contributed by atoms with Gasteiger partial charge in [-0.15, -0.1) is 0 Å². The number of aryl methyl sites for hydroxylation is 1. The molecule has 1 saturated heterocycles. The summed E-state index contributed by atoms with van der Waals surface area (Å²) >= 11 is 6.53. The van der Waals surface area contributed by atoms with Crippen molar-refractivity contribution in [1.29, 1.82) is 0 Å². The fourth-order valence-corrected chi connectivity index (χ4v) is 3.30. The van der Waals surface area contributed by atoms with Gasteiger partial charge in [0.1, 0.15) is 11.4 Å². The molecule has 0 bridgehead atoms. The number of benzene rings is 2. The molecule has 28 heavy (non-hydrogen) atoms. The van der Waals surface area contributed by atoms with Gasteiger partial charge in [0, 0.05) is 13.6 Å². The molecule has 0 saturated carbocycles. The lowest BCUT2D eigenvalue weighted by molar-refractivity contribution is -0.223. The van der Waals surface area contributed by atoms with Gasteiger partial charge in [-0.25, -0.2) is 4.99 Å². The van der Waals surface area contributed by atoms with Crippen LogP contribution in [0.2, 0.25) is 5.02 Å². The van der Waals surface area contributed by atoms with E-state index in [0.717, 1.165) is 34.7 Å². The highest BCUT2D eigenvalue weighted by Crippen LogP contribution is 2.40. The number of hydrogen-bond acceptors (Lipinski definition) is 4. The third kappa shape index (κ3) is 4.49. The standard InChI is InChI=1S/C22H27ClN2O3/c1-5-25(3)15-24-21-9-16(2)19(11-20(21)23)22(13-27-14-22)28-12-17-7-6-8-18(10-17)26-4/h6-11,15H,5,12-14H2,1-4H3. The van der Waals surface area contributed by atoms with Crippen LogP contribution < -0.4 is 4.74 Å². The summed E-state index contributed by atoms with van der Waals surface area (Å²) in [7, 11) is 3.64. The number of aliphatic imine (C=N–C) groups is 1. The van der Waals surface area contributed by atoms with E-state index in [2.05, 4.69) is 18.8 Å². The number of ether oxygens (including phenoxy) is 3. The minimum atomic E-state index is -0.487. The Morgan fingerprint density at radius 1 is 1.29 bits per heavy atom. The van der Waals surface area contributed by atoms with Crippen LogP contribution in [0.3, 0.4) is 0 Å². The predicted octanol–water partition coefficient (Wildman–Crippen LogP) is 4.71. The van der Waals surface area contributed by atoms with Crippen LogP contribution in [0.5, 0.6) is 5.75 Å². The molecule has 0 aliphatic carbocycles. The summed E-state index contributed by atoms with van der Waals surface area (Å²) in [6, 6.07) is 11.9. The summed E-state index contributed by atoms with van der Waals surface area (Å²) in [6.07, 6.45) is 1.79. The number of halogens is 1. The minimum Gasteiger partial charge on any atom is -0.497 e. The first-order valence-electron chi connectivity index (χ1n) is 9.37. The molecule has 0 radical (unpaired) electrons. The Hall–Kier alpha value is -2.08. The van der Waals surface area contributed by atoms with Crippen LogP contribution in [-0.2, 0) is 21.7 Å². The van der Waals surface area contributed by atoms with Crippen molar-refractivity contribution in [2.45, 2.75) is 26.1 Å². The van der Waals surface area contributed by atoms with Crippen molar-refractivity contribution in [3.63, 3.8) is 0 Å². The Bertz CT molecular complexity index is 850.